The number of Topliss-reactive ketones (excluding diaryl/α,β-unsaturated/α-hetero) is 1. The fraction of sp³-hybridized carbons (Fsp3) is 0.176. The zero-order valence-corrected chi connectivity index (χ0v) is 12.4. The van der Waals surface area contributed by atoms with Crippen molar-refractivity contribution in [2.24, 2.45) is 0 Å². The van der Waals surface area contributed by atoms with Crippen LogP contribution in [0.4, 0.5) is 16.2 Å². The van der Waals surface area contributed by atoms with Gasteiger partial charge in [-0.2, -0.15) is 0 Å². The highest BCUT2D eigenvalue weighted by Crippen LogP contribution is 2.15. The smallest absolute Gasteiger partial charge is 0.308 e. The van der Waals surface area contributed by atoms with Gasteiger partial charge >= 0.3 is 6.03 Å². The number of hydrogen-bond donors (Lipinski definition) is 2. The molecular weight excluding hydrogens is 264 g/mol. The molecule has 0 heterocycles. The minimum absolute atomic E-state index is 0.0341. The summed E-state index contributed by atoms with van der Waals surface area (Å²) in [5.41, 5.74) is 4.18. The highest BCUT2D eigenvalue weighted by molar-refractivity contribution is 6.01. The molecule has 0 saturated carbocycles. The van der Waals surface area contributed by atoms with Crippen molar-refractivity contribution in [1.29, 1.82) is 0 Å². The van der Waals surface area contributed by atoms with E-state index in [9.17, 15) is 9.59 Å². The second-order valence-corrected chi connectivity index (χ2v) is 5.02. The van der Waals surface area contributed by atoms with Crippen LogP contribution in [0, 0.1) is 13.8 Å². The largest absolute Gasteiger partial charge is 0.323 e. The van der Waals surface area contributed by atoms with E-state index in [1.54, 1.807) is 24.3 Å². The number of benzene rings is 2. The van der Waals surface area contributed by atoms with Gasteiger partial charge in [0.2, 0.25) is 0 Å². The third-order valence-corrected chi connectivity index (χ3v) is 3.29. The maximum Gasteiger partial charge on any atom is 0.323 e. The van der Waals surface area contributed by atoms with Gasteiger partial charge in [-0.3, -0.25) is 4.79 Å². The summed E-state index contributed by atoms with van der Waals surface area (Å²) in [7, 11) is 0. The molecule has 2 rings (SSSR count). The minimum atomic E-state index is -0.334. The number of amides is 2. The zero-order valence-electron chi connectivity index (χ0n) is 12.4. The van der Waals surface area contributed by atoms with Gasteiger partial charge in [0.1, 0.15) is 0 Å². The number of carbonyl (C=O) groups is 2. The number of ketones is 1. The molecule has 0 radical (unpaired) electrons. The van der Waals surface area contributed by atoms with E-state index in [1.165, 1.54) is 12.5 Å². The summed E-state index contributed by atoms with van der Waals surface area (Å²) in [6.45, 7) is 5.51. The fourth-order valence-corrected chi connectivity index (χ4v) is 1.93. The van der Waals surface area contributed by atoms with E-state index in [4.69, 9.17) is 0 Å². The van der Waals surface area contributed by atoms with Crippen LogP contribution in [0.5, 0.6) is 0 Å². The van der Waals surface area contributed by atoms with Crippen molar-refractivity contribution in [3.63, 3.8) is 0 Å². The van der Waals surface area contributed by atoms with E-state index < -0.39 is 0 Å². The van der Waals surface area contributed by atoms with Crippen LogP contribution in [-0.2, 0) is 0 Å². The Morgan fingerprint density at radius 1 is 0.857 bits per heavy atom. The molecule has 0 aliphatic rings. The summed E-state index contributed by atoms with van der Waals surface area (Å²) in [5.74, 6) is -0.0341. The number of rotatable bonds is 3. The molecule has 0 aliphatic heterocycles. The predicted octanol–water partition coefficient (Wildman–Crippen LogP) is 4.15. The Balaban J connectivity index is 2.06. The number of anilines is 2. The second kappa shape index (κ2) is 6.22. The molecule has 0 aromatic heterocycles. The summed E-state index contributed by atoms with van der Waals surface area (Å²) >= 11 is 0. The number of carbonyl (C=O) groups excluding carboxylic acids is 2. The molecule has 0 aliphatic carbocycles. The lowest BCUT2D eigenvalue weighted by Gasteiger charge is -2.10. The van der Waals surface area contributed by atoms with Crippen LogP contribution < -0.4 is 10.6 Å². The molecule has 4 heteroatoms. The van der Waals surface area contributed by atoms with Crippen molar-refractivity contribution in [3.8, 4) is 0 Å². The Hall–Kier alpha value is -2.62. The Kier molecular flexibility index (Phi) is 4.38. The van der Waals surface area contributed by atoms with E-state index in [1.807, 2.05) is 32.0 Å². The highest BCUT2D eigenvalue weighted by atomic mass is 16.2. The molecule has 2 aromatic rings. The topological polar surface area (TPSA) is 58.2 Å². The highest BCUT2D eigenvalue weighted by Gasteiger charge is 2.05. The first-order valence-electron chi connectivity index (χ1n) is 6.72. The van der Waals surface area contributed by atoms with Crippen molar-refractivity contribution >= 4 is 23.2 Å². The first-order chi connectivity index (χ1) is 9.95. The predicted molar refractivity (Wildman–Crippen MR) is 85.0 cm³/mol. The van der Waals surface area contributed by atoms with E-state index in [-0.39, 0.29) is 11.8 Å². The van der Waals surface area contributed by atoms with Gasteiger partial charge in [0.15, 0.2) is 5.78 Å². The summed E-state index contributed by atoms with van der Waals surface area (Å²) in [6.07, 6.45) is 0. The fourth-order valence-electron chi connectivity index (χ4n) is 1.93. The Morgan fingerprint density at radius 2 is 1.52 bits per heavy atom. The Morgan fingerprint density at radius 3 is 2.14 bits per heavy atom. The van der Waals surface area contributed by atoms with Crippen LogP contribution in [0.3, 0.4) is 0 Å². The zero-order chi connectivity index (χ0) is 15.4. The molecule has 0 atom stereocenters. The van der Waals surface area contributed by atoms with Gasteiger partial charge in [-0.05, 0) is 56.2 Å². The monoisotopic (exact) mass is 282 g/mol. The molecular formula is C17H18N2O2. The molecule has 0 spiro atoms. The van der Waals surface area contributed by atoms with Crippen LogP contribution in [-0.4, -0.2) is 11.8 Å². The maximum absolute atomic E-state index is 12.0. The summed E-state index contributed by atoms with van der Waals surface area (Å²) in [6, 6.07) is 12.3. The average molecular weight is 282 g/mol. The number of hydrogen-bond acceptors (Lipinski definition) is 2. The Bertz CT molecular complexity index is 693. The molecule has 0 saturated heterocycles. The molecule has 0 fully saturated rings. The van der Waals surface area contributed by atoms with Crippen molar-refractivity contribution in [2.45, 2.75) is 20.8 Å². The van der Waals surface area contributed by atoms with Gasteiger partial charge in [-0.25, -0.2) is 4.79 Å². The molecule has 2 aromatic carbocycles. The standard InChI is InChI=1S/C17H18N2O2/c1-11-7-8-16(9-12(11)2)19-17(21)18-15-6-4-5-14(10-15)13(3)20/h4-10H,1-3H3,(H2,18,19,21). The number of nitrogens with one attached hydrogen (secondary N) is 2. The van der Waals surface area contributed by atoms with Gasteiger partial charge in [0, 0.05) is 16.9 Å². The number of aryl methyl sites for hydroxylation is 2. The lowest BCUT2D eigenvalue weighted by molar-refractivity contribution is 0.101. The van der Waals surface area contributed by atoms with Crippen molar-refractivity contribution < 1.29 is 9.59 Å². The van der Waals surface area contributed by atoms with Crippen molar-refractivity contribution in [2.75, 3.05) is 10.6 Å². The normalized spacial score (nSPS) is 10.0. The van der Waals surface area contributed by atoms with Crippen LogP contribution in [0.15, 0.2) is 42.5 Å². The summed E-state index contributed by atoms with van der Waals surface area (Å²) < 4.78 is 0. The third kappa shape index (κ3) is 3.92. The lowest BCUT2D eigenvalue weighted by atomic mass is 10.1. The van der Waals surface area contributed by atoms with Gasteiger partial charge < -0.3 is 10.6 Å². The molecule has 2 amide bonds. The van der Waals surface area contributed by atoms with E-state index in [2.05, 4.69) is 10.6 Å². The molecule has 0 unspecified atom stereocenters. The first-order valence-corrected chi connectivity index (χ1v) is 6.72. The van der Waals surface area contributed by atoms with Crippen molar-refractivity contribution in [1.82, 2.24) is 0 Å². The van der Waals surface area contributed by atoms with Gasteiger partial charge in [-0.1, -0.05) is 18.2 Å². The van der Waals surface area contributed by atoms with Crippen LogP contribution in [0.2, 0.25) is 0 Å². The Labute approximate surface area is 124 Å². The van der Waals surface area contributed by atoms with Crippen LogP contribution >= 0.6 is 0 Å². The minimum Gasteiger partial charge on any atom is -0.308 e. The van der Waals surface area contributed by atoms with Crippen LogP contribution in [0.25, 0.3) is 0 Å². The molecule has 2 N–H and O–H groups in total. The summed E-state index contributed by atoms with van der Waals surface area (Å²) in [4.78, 5) is 23.3. The summed E-state index contributed by atoms with van der Waals surface area (Å²) in [5, 5.41) is 5.49. The number of urea groups is 1. The maximum atomic E-state index is 12.0. The van der Waals surface area contributed by atoms with Gasteiger partial charge in [0.25, 0.3) is 0 Å². The molecule has 4 nitrogen and oxygen atoms in total. The quantitative estimate of drug-likeness (QED) is 0.831. The molecule has 108 valence electrons. The van der Waals surface area contributed by atoms with E-state index in [0.717, 1.165) is 11.3 Å². The SMILES string of the molecule is CC(=O)c1cccc(NC(=O)Nc2ccc(C)c(C)c2)c1. The lowest BCUT2D eigenvalue weighted by Crippen LogP contribution is -2.19. The molecule has 0 bridgehead atoms. The molecule has 21 heavy (non-hydrogen) atoms. The van der Waals surface area contributed by atoms with Crippen molar-refractivity contribution in [3.05, 3.63) is 59.2 Å². The first kappa shape index (κ1) is 14.8. The van der Waals surface area contributed by atoms with E-state index in [0.29, 0.717) is 11.3 Å². The van der Waals surface area contributed by atoms with Gasteiger partial charge in [-0.15, -0.1) is 0 Å². The van der Waals surface area contributed by atoms with Crippen LogP contribution in [0.1, 0.15) is 28.4 Å². The van der Waals surface area contributed by atoms with E-state index >= 15 is 0 Å². The third-order valence-electron chi connectivity index (χ3n) is 3.29. The van der Waals surface area contributed by atoms with Gasteiger partial charge in [0.05, 0.1) is 0 Å². The average Bonchev–Trinajstić information content (AvgIpc) is 2.43. The second-order valence-electron chi connectivity index (χ2n) is 5.02.